The Morgan fingerprint density at radius 2 is 1.42 bits per heavy atom. The summed E-state index contributed by atoms with van der Waals surface area (Å²) in [4.78, 5) is 32.0. The Kier molecular flexibility index (Phi) is 5.73. The summed E-state index contributed by atoms with van der Waals surface area (Å²) in [6.07, 6.45) is 0.489. The van der Waals surface area contributed by atoms with Crippen molar-refractivity contribution >= 4 is 17.3 Å². The van der Waals surface area contributed by atoms with Crippen LogP contribution in [-0.4, -0.2) is 56.3 Å². The van der Waals surface area contributed by atoms with Gasteiger partial charge in [0, 0.05) is 55.6 Å². The molecule has 0 bridgehead atoms. The quantitative estimate of drug-likeness (QED) is 0.537. The van der Waals surface area contributed by atoms with Gasteiger partial charge in [0.05, 0.1) is 7.11 Å². The fourth-order valence-corrected chi connectivity index (χ4v) is 5.16. The fourth-order valence-electron chi connectivity index (χ4n) is 5.16. The summed E-state index contributed by atoms with van der Waals surface area (Å²) in [6.45, 7) is 4.27. The van der Waals surface area contributed by atoms with E-state index in [0.29, 0.717) is 24.1 Å². The van der Waals surface area contributed by atoms with Crippen molar-refractivity contribution in [1.82, 2.24) is 4.90 Å². The third-order valence-electron chi connectivity index (χ3n) is 7.05. The van der Waals surface area contributed by atoms with E-state index in [0.717, 1.165) is 43.2 Å². The van der Waals surface area contributed by atoms with E-state index >= 15 is 0 Å². The number of Topliss-reactive ketones (excluding diaryl/α,β-unsaturated/α-hetero) is 2. The number of piperazine rings is 1. The lowest BCUT2D eigenvalue weighted by Crippen LogP contribution is -2.49. The molecule has 0 atom stereocenters. The normalized spacial score (nSPS) is 17.8. The first-order valence-corrected chi connectivity index (χ1v) is 11.5. The molecule has 168 valence electrons. The van der Waals surface area contributed by atoms with Gasteiger partial charge in [-0.2, -0.15) is 0 Å². The largest absolute Gasteiger partial charge is 0.497 e. The summed E-state index contributed by atoms with van der Waals surface area (Å²) in [7, 11) is 1.68. The summed E-state index contributed by atoms with van der Waals surface area (Å²) < 4.78 is 5.36. The van der Waals surface area contributed by atoms with Crippen LogP contribution in [0, 0.1) is 0 Å². The molecule has 5 rings (SSSR count). The number of nitrogens with zero attached hydrogens (tertiary/aromatic N) is 2. The number of anilines is 1. The number of carbonyl (C=O) groups excluding carboxylic acids is 2. The van der Waals surface area contributed by atoms with Crippen LogP contribution < -0.4 is 9.64 Å². The van der Waals surface area contributed by atoms with Crippen LogP contribution in [0.25, 0.3) is 0 Å². The fraction of sp³-hybridized carbons (Fsp3) is 0.286. The molecule has 1 fully saturated rings. The first kappa shape index (κ1) is 21.4. The minimum atomic E-state index is -1.13. The average molecular weight is 441 g/mol. The minimum Gasteiger partial charge on any atom is -0.497 e. The van der Waals surface area contributed by atoms with Gasteiger partial charge < -0.3 is 9.64 Å². The lowest BCUT2D eigenvalue weighted by Gasteiger charge is -2.37. The second-order valence-corrected chi connectivity index (χ2v) is 8.76. The molecule has 0 amide bonds. The number of ether oxygens (including phenoxy) is 1. The minimum absolute atomic E-state index is 0.0654. The average Bonchev–Trinajstić information content (AvgIpc) is 3.11. The van der Waals surface area contributed by atoms with Crippen molar-refractivity contribution in [1.29, 1.82) is 0 Å². The molecule has 0 N–H and O–H groups in total. The van der Waals surface area contributed by atoms with Gasteiger partial charge in [0.15, 0.2) is 11.6 Å². The first-order valence-electron chi connectivity index (χ1n) is 11.5. The van der Waals surface area contributed by atoms with Gasteiger partial charge in [-0.15, -0.1) is 0 Å². The maximum absolute atomic E-state index is 13.6. The summed E-state index contributed by atoms with van der Waals surface area (Å²) >= 11 is 0. The van der Waals surface area contributed by atoms with Crippen molar-refractivity contribution in [3.05, 3.63) is 95.6 Å². The van der Waals surface area contributed by atoms with Crippen LogP contribution in [0.2, 0.25) is 0 Å². The number of hydrogen-bond donors (Lipinski definition) is 0. The number of benzene rings is 3. The molecule has 1 aliphatic heterocycles. The van der Waals surface area contributed by atoms with Crippen LogP contribution in [-0.2, 0) is 5.41 Å². The van der Waals surface area contributed by atoms with Crippen molar-refractivity contribution in [2.45, 2.75) is 11.8 Å². The van der Waals surface area contributed by atoms with Crippen LogP contribution in [0.5, 0.6) is 5.75 Å². The van der Waals surface area contributed by atoms with Crippen molar-refractivity contribution in [3.63, 3.8) is 0 Å². The lowest BCUT2D eigenvalue weighted by atomic mass is 9.73. The Balaban J connectivity index is 1.33. The summed E-state index contributed by atoms with van der Waals surface area (Å²) in [5.41, 5.74) is 1.93. The van der Waals surface area contributed by atoms with Gasteiger partial charge in [0.1, 0.15) is 11.2 Å². The van der Waals surface area contributed by atoms with E-state index < -0.39 is 5.41 Å². The third-order valence-corrected chi connectivity index (χ3v) is 7.05. The van der Waals surface area contributed by atoms with Gasteiger partial charge >= 0.3 is 0 Å². The monoisotopic (exact) mass is 440 g/mol. The number of rotatable bonds is 6. The van der Waals surface area contributed by atoms with E-state index in [1.165, 1.54) is 0 Å². The van der Waals surface area contributed by atoms with Gasteiger partial charge in [0.2, 0.25) is 0 Å². The van der Waals surface area contributed by atoms with Gasteiger partial charge in [0.25, 0.3) is 0 Å². The van der Waals surface area contributed by atoms with E-state index in [-0.39, 0.29) is 11.6 Å². The predicted octanol–water partition coefficient (Wildman–Crippen LogP) is 4.22. The molecule has 1 saturated heterocycles. The number of hydrogen-bond acceptors (Lipinski definition) is 5. The maximum atomic E-state index is 13.6. The zero-order chi connectivity index (χ0) is 22.8. The summed E-state index contributed by atoms with van der Waals surface area (Å²) in [5.74, 6) is 0.728. The van der Waals surface area contributed by atoms with Crippen LogP contribution in [0.4, 0.5) is 5.69 Å². The van der Waals surface area contributed by atoms with Crippen LogP contribution in [0.15, 0.2) is 78.9 Å². The number of carbonyl (C=O) groups is 2. The number of fused-ring (bicyclic) bond motifs is 1. The predicted molar refractivity (Wildman–Crippen MR) is 129 cm³/mol. The Morgan fingerprint density at radius 3 is 2.06 bits per heavy atom. The summed E-state index contributed by atoms with van der Waals surface area (Å²) in [6, 6.07) is 25.0. The van der Waals surface area contributed by atoms with Crippen LogP contribution in [0.3, 0.4) is 0 Å². The molecule has 0 saturated carbocycles. The van der Waals surface area contributed by atoms with E-state index in [1.807, 2.05) is 54.6 Å². The molecule has 2 aliphatic rings. The molecular weight excluding hydrogens is 412 g/mol. The van der Waals surface area contributed by atoms with Crippen molar-refractivity contribution in [3.8, 4) is 5.75 Å². The van der Waals surface area contributed by atoms with Crippen molar-refractivity contribution in [2.24, 2.45) is 0 Å². The van der Waals surface area contributed by atoms with Gasteiger partial charge in [-0.05, 0) is 24.1 Å². The molecule has 5 heteroatoms. The lowest BCUT2D eigenvalue weighted by molar-refractivity contribution is 0.0767. The van der Waals surface area contributed by atoms with Crippen molar-refractivity contribution < 1.29 is 14.3 Å². The van der Waals surface area contributed by atoms with Gasteiger partial charge in [-0.1, -0.05) is 60.7 Å². The molecule has 3 aromatic rings. The Hall–Kier alpha value is -3.44. The standard InChI is InChI=1S/C28H28N2O3/c1-33-23-11-7-10-22(20-23)30-18-16-29(17-19-30)15-14-28(21-8-3-2-4-9-21)26(31)24-12-5-6-13-25(24)27(28)32/h2-13,20H,14-19H2,1H3. The van der Waals surface area contributed by atoms with Crippen LogP contribution >= 0.6 is 0 Å². The number of methoxy groups -OCH3 is 1. The highest BCUT2D eigenvalue weighted by Crippen LogP contribution is 2.42. The van der Waals surface area contributed by atoms with E-state index in [1.54, 1.807) is 19.2 Å². The van der Waals surface area contributed by atoms with E-state index in [2.05, 4.69) is 21.9 Å². The highest BCUT2D eigenvalue weighted by Gasteiger charge is 2.53. The Labute approximate surface area is 194 Å². The third kappa shape index (κ3) is 3.72. The molecular formula is C28H28N2O3. The SMILES string of the molecule is COc1cccc(N2CCN(CCC3(c4ccccc4)C(=O)c4ccccc4C3=O)CC2)c1. The van der Waals surface area contributed by atoms with Gasteiger partial charge in [-0.25, -0.2) is 0 Å². The smallest absolute Gasteiger partial charge is 0.181 e. The second-order valence-electron chi connectivity index (χ2n) is 8.76. The van der Waals surface area contributed by atoms with Gasteiger partial charge in [-0.3, -0.25) is 14.5 Å². The topological polar surface area (TPSA) is 49.9 Å². The molecule has 3 aromatic carbocycles. The highest BCUT2D eigenvalue weighted by atomic mass is 16.5. The number of ketones is 2. The summed E-state index contributed by atoms with van der Waals surface area (Å²) in [5, 5.41) is 0. The molecule has 0 spiro atoms. The first-order chi connectivity index (χ1) is 16.1. The Bertz CT molecular complexity index is 1130. The highest BCUT2D eigenvalue weighted by molar-refractivity contribution is 6.33. The second kappa shape index (κ2) is 8.83. The molecule has 33 heavy (non-hydrogen) atoms. The molecule has 1 heterocycles. The molecule has 0 unspecified atom stereocenters. The zero-order valence-corrected chi connectivity index (χ0v) is 18.9. The zero-order valence-electron chi connectivity index (χ0n) is 18.9. The molecule has 1 aliphatic carbocycles. The Morgan fingerprint density at radius 1 is 0.788 bits per heavy atom. The van der Waals surface area contributed by atoms with E-state index in [4.69, 9.17) is 4.74 Å². The van der Waals surface area contributed by atoms with Crippen molar-refractivity contribution in [2.75, 3.05) is 44.7 Å². The molecule has 5 nitrogen and oxygen atoms in total. The van der Waals surface area contributed by atoms with Crippen LogP contribution in [0.1, 0.15) is 32.7 Å². The maximum Gasteiger partial charge on any atom is 0.181 e. The molecule has 0 radical (unpaired) electrons. The molecule has 0 aromatic heterocycles. The van der Waals surface area contributed by atoms with E-state index in [9.17, 15) is 9.59 Å².